The number of pyridine rings is 1. The molecule has 2 aromatic heterocycles. The Labute approximate surface area is 217 Å². The molecule has 0 amide bonds. The summed E-state index contributed by atoms with van der Waals surface area (Å²) in [5, 5.41) is 22.7. The maximum atomic E-state index is 10.6. The summed E-state index contributed by atoms with van der Waals surface area (Å²) >= 11 is 0. The molecule has 5 aromatic rings. The maximum absolute atomic E-state index is 10.6. The standard InChI is InChI=1S/C27H21N6O.Pt/c1-18-15-19(2)25(34)23(16-18)27-29-26(30-32-31-27)20-9-8-12-22(17-20)33(21-10-4-3-5-11-21)24-13-6-7-14-28-24;/h3-16,34H,1-2H3;/q-1;. The van der Waals surface area contributed by atoms with Crippen molar-refractivity contribution in [2.24, 2.45) is 0 Å². The van der Waals surface area contributed by atoms with Gasteiger partial charge >= 0.3 is 0 Å². The number of aromatic nitrogens is 5. The number of aryl methyl sites for hydroxylation is 2. The Morgan fingerprint density at radius 2 is 1.60 bits per heavy atom. The van der Waals surface area contributed by atoms with Crippen LogP contribution < -0.4 is 4.90 Å². The van der Waals surface area contributed by atoms with E-state index in [1.54, 1.807) is 6.20 Å². The molecule has 0 aliphatic carbocycles. The first-order chi connectivity index (χ1) is 16.6. The van der Waals surface area contributed by atoms with Crippen LogP contribution in [0.1, 0.15) is 11.1 Å². The predicted octanol–water partition coefficient (Wildman–Crippen LogP) is 5.59. The predicted molar refractivity (Wildman–Crippen MR) is 131 cm³/mol. The van der Waals surface area contributed by atoms with Crippen LogP contribution in [0.3, 0.4) is 0 Å². The van der Waals surface area contributed by atoms with E-state index in [-0.39, 0.29) is 26.8 Å². The van der Waals surface area contributed by atoms with Crippen LogP contribution in [-0.4, -0.2) is 30.5 Å². The first-order valence-electron chi connectivity index (χ1n) is 10.8. The molecule has 7 nitrogen and oxygen atoms in total. The van der Waals surface area contributed by atoms with Gasteiger partial charge in [-0.15, -0.1) is 34.9 Å². The molecule has 0 saturated carbocycles. The van der Waals surface area contributed by atoms with Gasteiger partial charge in [0.25, 0.3) is 0 Å². The second-order valence-corrected chi connectivity index (χ2v) is 7.84. The van der Waals surface area contributed by atoms with Crippen LogP contribution >= 0.6 is 0 Å². The fraction of sp³-hybridized carbons (Fsp3) is 0.0741. The number of phenols is 1. The molecule has 0 atom stereocenters. The zero-order chi connectivity index (χ0) is 23.5. The van der Waals surface area contributed by atoms with E-state index in [9.17, 15) is 5.11 Å². The summed E-state index contributed by atoms with van der Waals surface area (Å²) in [4.78, 5) is 11.1. The van der Waals surface area contributed by atoms with Crippen LogP contribution in [0.2, 0.25) is 0 Å². The third kappa shape index (κ3) is 5.10. The van der Waals surface area contributed by atoms with E-state index in [0.29, 0.717) is 22.8 Å². The van der Waals surface area contributed by atoms with Gasteiger partial charge in [0.15, 0.2) is 5.82 Å². The van der Waals surface area contributed by atoms with Gasteiger partial charge < -0.3 is 10.0 Å². The number of aromatic hydroxyl groups is 1. The van der Waals surface area contributed by atoms with Crippen molar-refractivity contribution in [2.45, 2.75) is 13.8 Å². The molecular formula is C27H21N6OPt-. The van der Waals surface area contributed by atoms with Crippen LogP contribution in [0.4, 0.5) is 17.2 Å². The smallest absolute Gasteiger partial charge is 0.180 e. The third-order valence-corrected chi connectivity index (χ3v) is 5.33. The number of benzene rings is 3. The topological polar surface area (TPSA) is 87.9 Å². The first kappa shape index (κ1) is 24.2. The summed E-state index contributed by atoms with van der Waals surface area (Å²) in [5.41, 5.74) is 4.63. The fourth-order valence-corrected chi connectivity index (χ4v) is 3.79. The fourth-order valence-electron chi connectivity index (χ4n) is 3.79. The molecule has 0 fully saturated rings. The largest absolute Gasteiger partial charge is 0.507 e. The van der Waals surface area contributed by atoms with Crippen molar-refractivity contribution >= 4 is 17.2 Å². The zero-order valence-electron chi connectivity index (χ0n) is 19.0. The molecule has 0 aliphatic rings. The number of hydrogen-bond acceptors (Lipinski definition) is 7. The Bertz CT molecular complexity index is 1410. The van der Waals surface area contributed by atoms with Gasteiger partial charge in [-0.1, -0.05) is 35.5 Å². The van der Waals surface area contributed by atoms with Crippen molar-refractivity contribution in [1.82, 2.24) is 25.4 Å². The van der Waals surface area contributed by atoms with Crippen molar-refractivity contribution in [3.8, 4) is 28.5 Å². The molecule has 5 rings (SSSR count). The SMILES string of the molecule is Cc1cc(C)c(O)c(-c2nnnc(-c3[c-]c(N(c4ccccc4)c4ccccn4)ccc3)n2)c1.[Pt]. The van der Waals surface area contributed by atoms with E-state index >= 15 is 0 Å². The zero-order valence-corrected chi connectivity index (χ0v) is 21.3. The Hall–Kier alpha value is -3.96. The van der Waals surface area contributed by atoms with Crippen molar-refractivity contribution in [3.63, 3.8) is 0 Å². The van der Waals surface area contributed by atoms with E-state index in [0.717, 1.165) is 28.3 Å². The molecule has 35 heavy (non-hydrogen) atoms. The number of para-hydroxylation sites is 1. The van der Waals surface area contributed by atoms with E-state index in [2.05, 4.69) is 31.4 Å². The minimum absolute atomic E-state index is 0. The average molecular weight is 641 g/mol. The minimum Gasteiger partial charge on any atom is -0.507 e. The molecular weight excluding hydrogens is 619 g/mol. The van der Waals surface area contributed by atoms with Crippen LogP contribution in [0.15, 0.2) is 85.1 Å². The van der Waals surface area contributed by atoms with Crippen LogP contribution in [-0.2, 0) is 21.1 Å². The van der Waals surface area contributed by atoms with Crippen molar-refractivity contribution < 1.29 is 26.2 Å². The Balaban J connectivity index is 0.00000289. The average Bonchev–Trinajstić information content (AvgIpc) is 2.88. The van der Waals surface area contributed by atoms with Crippen molar-refractivity contribution in [1.29, 1.82) is 0 Å². The number of anilines is 3. The molecule has 0 spiro atoms. The van der Waals surface area contributed by atoms with Crippen molar-refractivity contribution in [2.75, 3.05) is 4.90 Å². The summed E-state index contributed by atoms with van der Waals surface area (Å²) in [7, 11) is 0. The summed E-state index contributed by atoms with van der Waals surface area (Å²) in [6.45, 7) is 3.80. The number of nitrogens with zero attached hydrogens (tertiary/aromatic N) is 6. The van der Waals surface area contributed by atoms with E-state index < -0.39 is 0 Å². The van der Waals surface area contributed by atoms with Crippen LogP contribution in [0, 0.1) is 19.9 Å². The second kappa shape index (κ2) is 10.5. The van der Waals surface area contributed by atoms with Gasteiger partial charge in [-0.05, 0) is 61.0 Å². The van der Waals surface area contributed by atoms with E-state index in [4.69, 9.17) is 0 Å². The van der Waals surface area contributed by atoms with E-state index in [1.807, 2.05) is 97.6 Å². The molecule has 0 radical (unpaired) electrons. The monoisotopic (exact) mass is 640 g/mol. The van der Waals surface area contributed by atoms with Gasteiger partial charge in [0.1, 0.15) is 17.4 Å². The number of hydrogen-bond donors (Lipinski definition) is 1. The molecule has 0 unspecified atom stereocenters. The van der Waals surface area contributed by atoms with Gasteiger partial charge in [-0.2, -0.15) is 5.10 Å². The van der Waals surface area contributed by atoms with Crippen molar-refractivity contribution in [3.05, 3.63) is 102 Å². The molecule has 1 N–H and O–H groups in total. The Kier molecular flexibility index (Phi) is 7.27. The minimum atomic E-state index is 0. The van der Waals surface area contributed by atoms with Gasteiger partial charge in [0.2, 0.25) is 0 Å². The Morgan fingerprint density at radius 1 is 0.829 bits per heavy atom. The summed E-state index contributed by atoms with van der Waals surface area (Å²) in [6, 6.07) is 28.6. The Morgan fingerprint density at radius 3 is 2.37 bits per heavy atom. The molecule has 2 heterocycles. The first-order valence-corrected chi connectivity index (χ1v) is 10.8. The van der Waals surface area contributed by atoms with Gasteiger partial charge in [-0.3, -0.25) is 4.98 Å². The second-order valence-electron chi connectivity index (χ2n) is 7.84. The summed E-state index contributed by atoms with van der Waals surface area (Å²) in [5.74, 6) is 1.56. The molecule has 3 aromatic carbocycles. The molecule has 0 aliphatic heterocycles. The quantitative estimate of drug-likeness (QED) is 0.251. The summed E-state index contributed by atoms with van der Waals surface area (Å²) in [6.07, 6.45) is 1.76. The third-order valence-electron chi connectivity index (χ3n) is 5.33. The van der Waals surface area contributed by atoms with Gasteiger partial charge in [0.05, 0.1) is 5.56 Å². The maximum Gasteiger partial charge on any atom is 0.180 e. The van der Waals surface area contributed by atoms with E-state index in [1.165, 1.54) is 0 Å². The normalized spacial score (nSPS) is 10.5. The van der Waals surface area contributed by atoms with Gasteiger partial charge in [-0.25, -0.2) is 4.98 Å². The van der Waals surface area contributed by atoms with Gasteiger partial charge in [0, 0.05) is 32.9 Å². The summed E-state index contributed by atoms with van der Waals surface area (Å²) < 4.78 is 0. The van der Waals surface area contributed by atoms with Crippen LogP contribution in [0.5, 0.6) is 5.75 Å². The molecule has 176 valence electrons. The number of phenolic OH excluding ortho intramolecular Hbond substituents is 1. The molecule has 8 heteroatoms. The van der Waals surface area contributed by atoms with Crippen LogP contribution in [0.25, 0.3) is 22.8 Å². The molecule has 0 bridgehead atoms. The molecule has 0 saturated heterocycles. The number of rotatable bonds is 5.